The van der Waals surface area contributed by atoms with Crippen LogP contribution < -0.4 is 4.74 Å². The van der Waals surface area contributed by atoms with E-state index in [4.69, 9.17) is 4.74 Å². The molecule has 6 nitrogen and oxygen atoms in total. The Morgan fingerprint density at radius 1 is 1.19 bits per heavy atom. The molecule has 1 aliphatic heterocycles. The van der Waals surface area contributed by atoms with Crippen LogP contribution in [0.1, 0.15) is 35.6 Å². The van der Waals surface area contributed by atoms with Gasteiger partial charge in [-0.05, 0) is 55.5 Å². The fourth-order valence-corrected chi connectivity index (χ4v) is 3.28. The van der Waals surface area contributed by atoms with Crippen molar-refractivity contribution in [2.45, 2.75) is 32.7 Å². The van der Waals surface area contributed by atoms with E-state index in [0.717, 1.165) is 24.9 Å². The standard InChI is InChI=1S/C20H22N2O4/c1-14-5-6-16(12-15(14)2)19-4-3-11-21(19)20(23)13-26-18-9-7-17(8-10-18)22(24)25/h5-10,12,19H,3-4,11,13H2,1-2H3. The Bertz CT molecular complexity index is 817. The van der Waals surface area contributed by atoms with Gasteiger partial charge in [0.1, 0.15) is 5.75 Å². The predicted molar refractivity (Wildman–Crippen MR) is 98.2 cm³/mol. The normalized spacial score (nSPS) is 16.5. The minimum absolute atomic E-state index is 0.00183. The van der Waals surface area contributed by atoms with Crippen molar-refractivity contribution in [1.29, 1.82) is 0 Å². The molecular formula is C20H22N2O4. The molecule has 0 aliphatic carbocycles. The van der Waals surface area contributed by atoms with E-state index in [-0.39, 0.29) is 24.2 Å². The third-order valence-electron chi connectivity index (χ3n) is 4.90. The van der Waals surface area contributed by atoms with Crippen LogP contribution in [0.5, 0.6) is 5.75 Å². The highest BCUT2D eigenvalue weighted by Gasteiger charge is 2.30. The molecule has 1 fully saturated rings. The Hall–Kier alpha value is -2.89. The molecule has 1 aliphatic rings. The molecule has 0 N–H and O–H groups in total. The highest BCUT2D eigenvalue weighted by molar-refractivity contribution is 5.78. The van der Waals surface area contributed by atoms with Crippen molar-refractivity contribution in [2.24, 2.45) is 0 Å². The number of hydrogen-bond acceptors (Lipinski definition) is 4. The van der Waals surface area contributed by atoms with Gasteiger partial charge in [0.15, 0.2) is 6.61 Å². The smallest absolute Gasteiger partial charge is 0.269 e. The quantitative estimate of drug-likeness (QED) is 0.602. The number of nitro benzene ring substituents is 1. The highest BCUT2D eigenvalue weighted by atomic mass is 16.6. The van der Waals surface area contributed by atoms with Gasteiger partial charge in [0.2, 0.25) is 0 Å². The Labute approximate surface area is 152 Å². The number of carbonyl (C=O) groups excluding carboxylic acids is 1. The molecule has 2 aromatic rings. The summed E-state index contributed by atoms with van der Waals surface area (Å²) in [6, 6.07) is 12.2. The van der Waals surface area contributed by atoms with Gasteiger partial charge in [0.25, 0.3) is 11.6 Å². The molecule has 1 unspecified atom stereocenters. The number of aryl methyl sites for hydroxylation is 2. The van der Waals surface area contributed by atoms with Crippen LogP contribution in [-0.2, 0) is 4.79 Å². The van der Waals surface area contributed by atoms with Crippen LogP contribution in [0.3, 0.4) is 0 Å². The Balaban J connectivity index is 1.64. The van der Waals surface area contributed by atoms with Crippen molar-refractivity contribution < 1.29 is 14.5 Å². The summed E-state index contributed by atoms with van der Waals surface area (Å²) in [5.74, 6) is 0.384. The summed E-state index contributed by atoms with van der Waals surface area (Å²) in [7, 11) is 0. The number of nitro groups is 1. The number of ether oxygens (including phenoxy) is 1. The van der Waals surface area contributed by atoms with E-state index in [1.807, 2.05) is 4.90 Å². The van der Waals surface area contributed by atoms with Crippen LogP contribution in [0, 0.1) is 24.0 Å². The monoisotopic (exact) mass is 354 g/mol. The first-order valence-electron chi connectivity index (χ1n) is 8.69. The van der Waals surface area contributed by atoms with Gasteiger partial charge in [-0.1, -0.05) is 18.2 Å². The maximum absolute atomic E-state index is 12.6. The number of non-ortho nitro benzene ring substituents is 1. The third kappa shape index (κ3) is 3.85. The zero-order valence-corrected chi connectivity index (χ0v) is 15.0. The van der Waals surface area contributed by atoms with E-state index in [2.05, 4.69) is 32.0 Å². The number of nitrogens with zero attached hydrogens (tertiary/aromatic N) is 2. The Morgan fingerprint density at radius 3 is 2.58 bits per heavy atom. The van der Waals surface area contributed by atoms with Gasteiger partial charge in [0, 0.05) is 18.7 Å². The van der Waals surface area contributed by atoms with Gasteiger partial charge in [0.05, 0.1) is 11.0 Å². The molecule has 2 aromatic carbocycles. The maximum Gasteiger partial charge on any atom is 0.269 e. The summed E-state index contributed by atoms with van der Waals surface area (Å²) in [6.45, 7) is 4.81. The molecule has 1 amide bonds. The first-order chi connectivity index (χ1) is 12.5. The zero-order chi connectivity index (χ0) is 18.7. The van der Waals surface area contributed by atoms with Crippen LogP contribution in [0.4, 0.5) is 5.69 Å². The molecule has 1 saturated heterocycles. The second-order valence-corrected chi connectivity index (χ2v) is 6.63. The highest BCUT2D eigenvalue weighted by Crippen LogP contribution is 2.33. The summed E-state index contributed by atoms with van der Waals surface area (Å²) in [6.07, 6.45) is 1.92. The molecule has 26 heavy (non-hydrogen) atoms. The summed E-state index contributed by atoms with van der Waals surface area (Å²) < 4.78 is 5.53. The van der Waals surface area contributed by atoms with Crippen LogP contribution in [0.25, 0.3) is 0 Å². The number of likely N-dealkylation sites (tertiary alicyclic amines) is 1. The minimum atomic E-state index is -0.465. The van der Waals surface area contributed by atoms with Gasteiger partial charge in [-0.15, -0.1) is 0 Å². The zero-order valence-electron chi connectivity index (χ0n) is 15.0. The molecule has 1 heterocycles. The van der Waals surface area contributed by atoms with Crippen molar-refractivity contribution in [1.82, 2.24) is 4.90 Å². The largest absolute Gasteiger partial charge is 0.484 e. The second-order valence-electron chi connectivity index (χ2n) is 6.63. The molecule has 1 atom stereocenters. The SMILES string of the molecule is Cc1ccc(C2CCCN2C(=O)COc2ccc([N+](=O)[O-])cc2)cc1C. The topological polar surface area (TPSA) is 72.7 Å². The number of rotatable bonds is 5. The maximum atomic E-state index is 12.6. The number of carbonyl (C=O) groups is 1. The van der Waals surface area contributed by atoms with Gasteiger partial charge in [-0.25, -0.2) is 0 Å². The van der Waals surface area contributed by atoms with E-state index >= 15 is 0 Å². The number of hydrogen-bond donors (Lipinski definition) is 0. The van der Waals surface area contributed by atoms with Crippen LogP contribution in [0.2, 0.25) is 0 Å². The first-order valence-corrected chi connectivity index (χ1v) is 8.69. The average Bonchev–Trinajstić information content (AvgIpc) is 3.12. The van der Waals surface area contributed by atoms with Crippen molar-refractivity contribution in [3.8, 4) is 5.75 Å². The lowest BCUT2D eigenvalue weighted by atomic mass is 9.99. The average molecular weight is 354 g/mol. The Kier molecular flexibility index (Phi) is 5.21. The van der Waals surface area contributed by atoms with Crippen molar-refractivity contribution in [3.63, 3.8) is 0 Å². The van der Waals surface area contributed by atoms with Crippen molar-refractivity contribution >= 4 is 11.6 Å². The van der Waals surface area contributed by atoms with Gasteiger partial charge in [-0.3, -0.25) is 14.9 Å². The van der Waals surface area contributed by atoms with Gasteiger partial charge < -0.3 is 9.64 Å². The molecule has 0 spiro atoms. The Morgan fingerprint density at radius 2 is 1.92 bits per heavy atom. The summed E-state index contributed by atoms with van der Waals surface area (Å²) in [5, 5.41) is 10.7. The molecular weight excluding hydrogens is 332 g/mol. The lowest BCUT2D eigenvalue weighted by Crippen LogP contribution is -2.34. The van der Waals surface area contributed by atoms with Gasteiger partial charge >= 0.3 is 0 Å². The van der Waals surface area contributed by atoms with Crippen LogP contribution >= 0.6 is 0 Å². The number of amides is 1. The molecule has 136 valence electrons. The van der Waals surface area contributed by atoms with Crippen molar-refractivity contribution in [2.75, 3.05) is 13.2 Å². The lowest BCUT2D eigenvalue weighted by Gasteiger charge is -2.25. The van der Waals surface area contributed by atoms with E-state index in [1.54, 1.807) is 0 Å². The van der Waals surface area contributed by atoms with Crippen molar-refractivity contribution in [3.05, 3.63) is 69.3 Å². The molecule has 0 bridgehead atoms. The fourth-order valence-electron chi connectivity index (χ4n) is 3.28. The molecule has 0 saturated carbocycles. The fraction of sp³-hybridized carbons (Fsp3) is 0.350. The lowest BCUT2D eigenvalue weighted by molar-refractivity contribution is -0.384. The van der Waals surface area contributed by atoms with E-state index in [0.29, 0.717) is 5.75 Å². The number of benzene rings is 2. The molecule has 0 aromatic heterocycles. The summed E-state index contributed by atoms with van der Waals surface area (Å²) >= 11 is 0. The first kappa shape index (κ1) is 17.9. The van der Waals surface area contributed by atoms with Crippen LogP contribution in [0.15, 0.2) is 42.5 Å². The minimum Gasteiger partial charge on any atom is -0.484 e. The van der Waals surface area contributed by atoms with Crippen LogP contribution in [-0.4, -0.2) is 28.9 Å². The van der Waals surface area contributed by atoms with Gasteiger partial charge in [-0.2, -0.15) is 0 Å². The summed E-state index contributed by atoms with van der Waals surface area (Å²) in [5.41, 5.74) is 3.63. The molecule has 0 radical (unpaired) electrons. The molecule has 3 rings (SSSR count). The molecule has 6 heteroatoms. The van der Waals surface area contributed by atoms with E-state index in [1.165, 1.54) is 35.4 Å². The predicted octanol–water partition coefficient (Wildman–Crippen LogP) is 3.95. The third-order valence-corrected chi connectivity index (χ3v) is 4.90. The van der Waals surface area contributed by atoms with E-state index in [9.17, 15) is 14.9 Å². The summed E-state index contributed by atoms with van der Waals surface area (Å²) in [4.78, 5) is 24.7. The second kappa shape index (κ2) is 7.56. The van der Waals surface area contributed by atoms with E-state index < -0.39 is 4.92 Å².